The third-order valence-electron chi connectivity index (χ3n) is 6.03. The van der Waals surface area contributed by atoms with Crippen molar-refractivity contribution in [1.82, 2.24) is 26.4 Å². The average Bonchev–Trinajstić information content (AvgIpc) is 2.94. The number of alkyl carbamates (subject to hydrolysis) is 1. The van der Waals surface area contributed by atoms with Crippen LogP contribution in [0.4, 0.5) is 4.79 Å². The van der Waals surface area contributed by atoms with Gasteiger partial charge >= 0.3 is 6.09 Å². The van der Waals surface area contributed by atoms with Crippen LogP contribution in [0.15, 0.2) is 73.1 Å². The number of hydroxylamine groups is 1. The molecule has 0 unspecified atom stereocenters. The molecule has 10 heteroatoms. The number of ether oxygens (including phenoxy) is 1. The van der Waals surface area contributed by atoms with Crippen LogP contribution in [0.1, 0.15) is 67.2 Å². The van der Waals surface area contributed by atoms with Gasteiger partial charge in [-0.05, 0) is 88.2 Å². The van der Waals surface area contributed by atoms with Crippen molar-refractivity contribution < 1.29 is 24.3 Å². The molecule has 0 spiro atoms. The highest BCUT2D eigenvalue weighted by Crippen LogP contribution is 2.15. The van der Waals surface area contributed by atoms with Gasteiger partial charge in [0.25, 0.3) is 11.8 Å². The lowest BCUT2D eigenvalue weighted by atomic mass is 9.93. The van der Waals surface area contributed by atoms with Gasteiger partial charge in [-0.15, -0.1) is 0 Å². The van der Waals surface area contributed by atoms with E-state index in [-0.39, 0.29) is 5.56 Å². The monoisotopic (exact) mass is 571 g/mol. The number of aromatic nitrogens is 1. The van der Waals surface area contributed by atoms with Gasteiger partial charge in [-0.3, -0.25) is 19.8 Å². The van der Waals surface area contributed by atoms with E-state index in [0.717, 1.165) is 29.8 Å². The summed E-state index contributed by atoms with van der Waals surface area (Å²) in [5.74, 6) is 4.72. The maximum atomic E-state index is 13.0. The Hall–Kier alpha value is -4.72. The fourth-order valence-electron chi connectivity index (χ4n) is 3.90. The molecule has 1 heterocycles. The van der Waals surface area contributed by atoms with E-state index in [1.807, 2.05) is 42.6 Å². The molecule has 0 aliphatic carbocycles. The first kappa shape index (κ1) is 31.8. The SMILES string of the molecule is CC(C)(C)OC(=O)NC(C)(C)[C@H](NC(=O)c1ccc(C#Cc2ccc(CNCc3cccnc3)cc2)cc1)C(=O)NO. The number of amides is 3. The molecule has 5 N–H and O–H groups in total. The second kappa shape index (κ2) is 14.3. The Labute approximate surface area is 246 Å². The van der Waals surface area contributed by atoms with Gasteiger partial charge in [0, 0.05) is 42.2 Å². The molecule has 0 radical (unpaired) electrons. The van der Waals surface area contributed by atoms with Gasteiger partial charge < -0.3 is 20.7 Å². The topological polar surface area (TPSA) is 142 Å². The predicted octanol–water partition coefficient (Wildman–Crippen LogP) is 3.68. The van der Waals surface area contributed by atoms with Crippen molar-refractivity contribution in [3.05, 3.63) is 101 Å². The third-order valence-corrected chi connectivity index (χ3v) is 6.03. The highest BCUT2D eigenvalue weighted by molar-refractivity contribution is 5.98. The molecule has 42 heavy (non-hydrogen) atoms. The number of carbonyl (C=O) groups is 3. The van der Waals surface area contributed by atoms with Crippen LogP contribution in [0.25, 0.3) is 0 Å². The van der Waals surface area contributed by atoms with E-state index >= 15 is 0 Å². The van der Waals surface area contributed by atoms with Gasteiger partial charge in [0.1, 0.15) is 11.6 Å². The Morgan fingerprint density at radius 3 is 2.02 bits per heavy atom. The summed E-state index contributed by atoms with van der Waals surface area (Å²) in [4.78, 5) is 41.8. The van der Waals surface area contributed by atoms with E-state index in [4.69, 9.17) is 4.74 Å². The normalized spacial score (nSPS) is 11.9. The zero-order valence-corrected chi connectivity index (χ0v) is 24.4. The number of nitrogens with one attached hydrogen (secondary N) is 4. The van der Waals surface area contributed by atoms with Crippen molar-refractivity contribution >= 4 is 17.9 Å². The Kier molecular flexibility index (Phi) is 10.8. The smallest absolute Gasteiger partial charge is 0.408 e. The standard InChI is InChI=1S/C32H37N5O5/c1-31(2,3)42-30(40)36-32(4,5)27(29(39)37-41)35-28(38)26-16-14-23(15-17-26)9-8-22-10-12-24(13-11-22)19-34-21-25-7-6-18-33-20-25/h6-7,10-18,20,27,34,41H,19,21H2,1-5H3,(H,35,38)(H,36,40)(H,37,39)/t27-/m1/s1. The van der Waals surface area contributed by atoms with Gasteiger partial charge in [-0.1, -0.05) is 30.0 Å². The molecule has 0 aliphatic rings. The van der Waals surface area contributed by atoms with Crippen LogP contribution in [0, 0.1) is 11.8 Å². The minimum absolute atomic E-state index is 0.271. The van der Waals surface area contributed by atoms with Crippen molar-refractivity contribution in [2.75, 3.05) is 0 Å². The minimum atomic E-state index is -1.31. The molecule has 0 saturated carbocycles. The molecule has 0 fully saturated rings. The number of nitrogens with zero attached hydrogens (tertiary/aromatic N) is 1. The zero-order chi connectivity index (χ0) is 30.8. The first-order valence-electron chi connectivity index (χ1n) is 13.4. The van der Waals surface area contributed by atoms with E-state index in [0.29, 0.717) is 5.56 Å². The summed E-state index contributed by atoms with van der Waals surface area (Å²) >= 11 is 0. The van der Waals surface area contributed by atoms with Crippen LogP contribution in [-0.2, 0) is 22.6 Å². The van der Waals surface area contributed by atoms with Crippen LogP contribution in [-0.4, -0.2) is 45.3 Å². The summed E-state index contributed by atoms with van der Waals surface area (Å²) < 4.78 is 5.26. The number of hydrogen-bond donors (Lipinski definition) is 5. The first-order valence-corrected chi connectivity index (χ1v) is 13.4. The largest absolute Gasteiger partial charge is 0.444 e. The molecule has 220 valence electrons. The molecular formula is C32H37N5O5. The molecule has 0 bridgehead atoms. The second-order valence-corrected chi connectivity index (χ2v) is 11.2. The van der Waals surface area contributed by atoms with Crippen molar-refractivity contribution in [2.45, 2.75) is 64.9 Å². The first-order chi connectivity index (χ1) is 19.9. The molecular weight excluding hydrogens is 534 g/mol. The number of benzene rings is 2. The fourth-order valence-corrected chi connectivity index (χ4v) is 3.90. The van der Waals surface area contributed by atoms with E-state index < -0.39 is 35.1 Å². The molecule has 1 aromatic heterocycles. The van der Waals surface area contributed by atoms with E-state index in [1.54, 1.807) is 56.7 Å². The molecule has 3 amide bonds. The lowest BCUT2D eigenvalue weighted by Crippen LogP contribution is -2.64. The summed E-state index contributed by atoms with van der Waals surface area (Å²) in [6.45, 7) is 9.63. The fraction of sp³-hybridized carbons (Fsp3) is 0.312. The van der Waals surface area contributed by atoms with Crippen molar-refractivity contribution in [1.29, 1.82) is 0 Å². The molecule has 3 aromatic rings. The highest BCUT2D eigenvalue weighted by Gasteiger charge is 2.39. The molecule has 0 saturated heterocycles. The number of rotatable bonds is 9. The average molecular weight is 572 g/mol. The maximum absolute atomic E-state index is 13.0. The molecule has 2 aromatic carbocycles. The van der Waals surface area contributed by atoms with Gasteiger partial charge in [0.2, 0.25) is 0 Å². The summed E-state index contributed by atoms with van der Waals surface area (Å²) in [5.41, 5.74) is 3.56. The van der Waals surface area contributed by atoms with Gasteiger partial charge in [-0.2, -0.15) is 0 Å². The maximum Gasteiger partial charge on any atom is 0.408 e. The minimum Gasteiger partial charge on any atom is -0.444 e. The summed E-state index contributed by atoms with van der Waals surface area (Å²) in [6, 6.07) is 17.1. The number of pyridine rings is 1. The second-order valence-electron chi connectivity index (χ2n) is 11.2. The van der Waals surface area contributed by atoms with E-state index in [1.165, 1.54) is 13.8 Å². The summed E-state index contributed by atoms with van der Waals surface area (Å²) in [7, 11) is 0. The van der Waals surface area contributed by atoms with Crippen LogP contribution < -0.4 is 21.4 Å². The van der Waals surface area contributed by atoms with Gasteiger partial charge in [0.05, 0.1) is 5.54 Å². The quantitative estimate of drug-likeness (QED) is 0.150. The van der Waals surface area contributed by atoms with Crippen molar-refractivity contribution in [3.8, 4) is 11.8 Å². The third kappa shape index (κ3) is 10.0. The summed E-state index contributed by atoms with van der Waals surface area (Å²) in [6.07, 6.45) is 2.82. The van der Waals surface area contributed by atoms with Gasteiger partial charge in [0.15, 0.2) is 0 Å². The lowest BCUT2D eigenvalue weighted by molar-refractivity contribution is -0.132. The van der Waals surface area contributed by atoms with Crippen LogP contribution in [0.2, 0.25) is 0 Å². The summed E-state index contributed by atoms with van der Waals surface area (Å²) in [5, 5.41) is 17.8. The molecule has 1 atom stereocenters. The van der Waals surface area contributed by atoms with Crippen LogP contribution in [0.3, 0.4) is 0 Å². The Balaban J connectivity index is 1.59. The van der Waals surface area contributed by atoms with Gasteiger partial charge in [-0.25, -0.2) is 10.3 Å². The van der Waals surface area contributed by atoms with Crippen LogP contribution in [0.5, 0.6) is 0 Å². The predicted molar refractivity (Wildman–Crippen MR) is 158 cm³/mol. The molecule has 3 rings (SSSR count). The lowest BCUT2D eigenvalue weighted by Gasteiger charge is -2.34. The molecule has 0 aliphatic heterocycles. The molecule has 10 nitrogen and oxygen atoms in total. The van der Waals surface area contributed by atoms with Crippen molar-refractivity contribution in [3.63, 3.8) is 0 Å². The number of hydrogen-bond acceptors (Lipinski definition) is 7. The van der Waals surface area contributed by atoms with Crippen LogP contribution >= 0.6 is 0 Å². The van der Waals surface area contributed by atoms with Crippen molar-refractivity contribution in [2.24, 2.45) is 0 Å². The Morgan fingerprint density at radius 2 is 1.48 bits per heavy atom. The highest BCUT2D eigenvalue weighted by atomic mass is 16.6. The van der Waals surface area contributed by atoms with E-state index in [9.17, 15) is 19.6 Å². The Bertz CT molecular complexity index is 1420. The number of carbonyl (C=O) groups excluding carboxylic acids is 3. The van der Waals surface area contributed by atoms with E-state index in [2.05, 4.69) is 32.8 Å². The zero-order valence-electron chi connectivity index (χ0n) is 24.4. The Morgan fingerprint density at radius 1 is 0.881 bits per heavy atom.